The standard InChI is InChI=1S/C19H18F3N3OS2/c1-13(15-8-9-17(23-11-15)19(20,21)22)28(2,26)25-18-24-12-16(27-18)10-14-6-4-3-5-7-14/h3-9,11-12H,10H2,1-2H3,(H,24,25,26). The Morgan fingerprint density at radius 1 is 1.11 bits per heavy atom. The molecule has 4 nitrogen and oxygen atoms in total. The minimum absolute atomic E-state index is 0.383. The highest BCUT2D eigenvalue weighted by atomic mass is 32.2. The zero-order chi connectivity index (χ0) is 20.4. The third-order valence-electron chi connectivity index (χ3n) is 4.10. The largest absolute Gasteiger partial charge is 0.433 e. The fourth-order valence-electron chi connectivity index (χ4n) is 2.47. The normalized spacial score (nSPS) is 13.8. The molecule has 1 aromatic carbocycles. The van der Waals surface area contributed by atoms with Crippen molar-refractivity contribution < 1.29 is 17.4 Å². The summed E-state index contributed by atoms with van der Waals surface area (Å²) in [7, 11) is -2.73. The molecule has 0 saturated heterocycles. The summed E-state index contributed by atoms with van der Waals surface area (Å²) in [5, 5.41) is 0.498. The molecule has 0 radical (unpaired) electrons. The van der Waals surface area contributed by atoms with Gasteiger partial charge in [0.1, 0.15) is 5.69 Å². The minimum Gasteiger partial charge on any atom is -0.288 e. The number of nitrogens with one attached hydrogen (secondary N) is 1. The Morgan fingerprint density at radius 2 is 1.82 bits per heavy atom. The summed E-state index contributed by atoms with van der Waals surface area (Å²) in [5.74, 6) is 0. The van der Waals surface area contributed by atoms with Crippen LogP contribution in [0.3, 0.4) is 0 Å². The van der Waals surface area contributed by atoms with Crippen LogP contribution in [-0.4, -0.2) is 25.3 Å². The summed E-state index contributed by atoms with van der Waals surface area (Å²) in [6.07, 6.45) is 0.527. The van der Waals surface area contributed by atoms with E-state index in [2.05, 4.69) is 14.7 Å². The van der Waals surface area contributed by atoms with E-state index < -0.39 is 21.6 Å². The first-order valence-electron chi connectivity index (χ1n) is 8.28. The second-order valence-electron chi connectivity index (χ2n) is 6.23. The predicted octanol–water partition coefficient (Wildman–Crippen LogP) is 4.63. The van der Waals surface area contributed by atoms with Crippen molar-refractivity contribution in [2.75, 3.05) is 11.0 Å². The van der Waals surface area contributed by atoms with E-state index in [1.165, 1.54) is 23.7 Å². The van der Waals surface area contributed by atoms with E-state index in [1.54, 1.807) is 13.1 Å². The van der Waals surface area contributed by atoms with Crippen molar-refractivity contribution in [2.24, 2.45) is 0 Å². The lowest BCUT2D eigenvalue weighted by molar-refractivity contribution is -0.141. The van der Waals surface area contributed by atoms with Gasteiger partial charge in [-0.3, -0.25) is 9.71 Å². The average Bonchev–Trinajstić information content (AvgIpc) is 3.07. The Morgan fingerprint density at radius 3 is 2.43 bits per heavy atom. The van der Waals surface area contributed by atoms with Crippen molar-refractivity contribution >= 4 is 31.0 Å². The molecule has 0 aliphatic rings. The van der Waals surface area contributed by atoms with Crippen LogP contribution in [0.5, 0.6) is 0 Å². The topological polar surface area (TPSA) is 54.9 Å². The van der Waals surface area contributed by atoms with Gasteiger partial charge in [-0.25, -0.2) is 9.19 Å². The average molecular weight is 426 g/mol. The van der Waals surface area contributed by atoms with Crippen LogP contribution in [0.15, 0.2) is 54.9 Å². The van der Waals surface area contributed by atoms with Gasteiger partial charge in [0.25, 0.3) is 0 Å². The van der Waals surface area contributed by atoms with Crippen molar-refractivity contribution in [3.63, 3.8) is 0 Å². The van der Waals surface area contributed by atoms with Gasteiger partial charge in [0, 0.05) is 40.4 Å². The van der Waals surface area contributed by atoms with Gasteiger partial charge in [0.15, 0.2) is 5.13 Å². The summed E-state index contributed by atoms with van der Waals surface area (Å²) >= 11 is 1.39. The number of nitrogens with zero attached hydrogens (tertiary/aromatic N) is 2. The molecule has 9 heteroatoms. The molecule has 1 atom stereocenters. The lowest BCUT2D eigenvalue weighted by Crippen LogP contribution is -2.20. The Labute approximate surface area is 165 Å². The van der Waals surface area contributed by atoms with Gasteiger partial charge >= 0.3 is 6.18 Å². The third kappa shape index (κ3) is 4.90. The maximum atomic E-state index is 13.1. The number of aromatic nitrogens is 2. The number of hydrogen-bond acceptors (Lipinski definition) is 4. The van der Waals surface area contributed by atoms with Gasteiger partial charge < -0.3 is 0 Å². The van der Waals surface area contributed by atoms with Crippen LogP contribution in [-0.2, 0) is 22.3 Å². The number of pyridine rings is 1. The molecule has 28 heavy (non-hydrogen) atoms. The van der Waals surface area contributed by atoms with E-state index >= 15 is 0 Å². The first-order chi connectivity index (χ1) is 13.1. The van der Waals surface area contributed by atoms with Gasteiger partial charge in [-0.1, -0.05) is 36.4 Å². The zero-order valence-corrected chi connectivity index (χ0v) is 16.8. The number of thiazole rings is 1. The highest BCUT2D eigenvalue weighted by Crippen LogP contribution is 2.27. The predicted molar refractivity (Wildman–Crippen MR) is 108 cm³/mol. The molecule has 0 bridgehead atoms. The molecular formula is C19H18F3N3OS2. The highest BCUT2D eigenvalue weighted by Gasteiger charge is 2.32. The van der Waals surface area contributed by atoms with E-state index in [0.717, 1.165) is 29.1 Å². The molecule has 0 saturated carbocycles. The summed E-state index contributed by atoms with van der Waals surface area (Å²) in [6, 6.07) is 12.1. The van der Waals surface area contributed by atoms with E-state index in [1.807, 2.05) is 30.3 Å². The SMILES string of the molecule is CC(c1ccc(C(F)(F)F)nc1)=S(C)(=O)Nc1ncc(Cc2ccccc2)s1. The molecule has 0 fully saturated rings. The number of halogens is 3. The lowest BCUT2D eigenvalue weighted by Gasteiger charge is -2.12. The minimum atomic E-state index is -4.51. The first kappa shape index (κ1) is 20.3. The number of benzene rings is 1. The number of rotatable bonds is 5. The smallest absolute Gasteiger partial charge is 0.288 e. The van der Waals surface area contributed by atoms with Crippen LogP contribution in [0.1, 0.15) is 28.6 Å². The van der Waals surface area contributed by atoms with E-state index in [4.69, 9.17) is 0 Å². The van der Waals surface area contributed by atoms with Crippen LogP contribution in [0.2, 0.25) is 0 Å². The van der Waals surface area contributed by atoms with E-state index in [0.29, 0.717) is 15.6 Å². The molecule has 0 aliphatic carbocycles. The molecule has 0 amide bonds. The first-order valence-corrected chi connectivity index (χ1v) is 11.1. The van der Waals surface area contributed by atoms with Gasteiger partial charge in [0.05, 0.1) is 9.71 Å². The molecule has 1 unspecified atom stereocenters. The molecule has 0 spiro atoms. The second-order valence-corrected chi connectivity index (χ2v) is 9.84. The summed E-state index contributed by atoms with van der Waals surface area (Å²) in [4.78, 5) is 9.12. The van der Waals surface area contributed by atoms with E-state index in [-0.39, 0.29) is 0 Å². The van der Waals surface area contributed by atoms with Gasteiger partial charge in [-0.15, -0.1) is 11.3 Å². The number of hydrogen-bond donors (Lipinski definition) is 1. The fourth-order valence-corrected chi connectivity index (χ4v) is 4.92. The Bertz CT molecular complexity index is 1070. The molecule has 3 rings (SSSR count). The molecule has 148 valence electrons. The number of anilines is 1. The number of alkyl halides is 3. The Hall–Kier alpha value is -2.39. The van der Waals surface area contributed by atoms with Crippen molar-refractivity contribution in [3.8, 4) is 0 Å². The molecule has 1 N–H and O–H groups in total. The quantitative estimate of drug-likeness (QED) is 0.479. The van der Waals surface area contributed by atoms with Crippen molar-refractivity contribution in [2.45, 2.75) is 19.5 Å². The van der Waals surface area contributed by atoms with Crippen LogP contribution < -0.4 is 4.72 Å². The summed E-state index contributed by atoms with van der Waals surface area (Å²) in [6.45, 7) is 1.61. The second kappa shape index (κ2) is 7.92. The van der Waals surface area contributed by atoms with Crippen LogP contribution in [0, 0.1) is 0 Å². The van der Waals surface area contributed by atoms with Crippen molar-refractivity contribution in [3.05, 3.63) is 76.6 Å². The summed E-state index contributed by atoms with van der Waals surface area (Å²) in [5.41, 5.74) is 0.549. The Balaban J connectivity index is 1.79. The van der Waals surface area contributed by atoms with Gasteiger partial charge in [0.2, 0.25) is 0 Å². The summed E-state index contributed by atoms with van der Waals surface area (Å²) < 4.78 is 54.0. The molecule has 0 aliphatic heterocycles. The lowest BCUT2D eigenvalue weighted by atomic mass is 10.1. The van der Waals surface area contributed by atoms with Crippen LogP contribution in [0.25, 0.3) is 0 Å². The maximum Gasteiger partial charge on any atom is 0.433 e. The monoisotopic (exact) mass is 425 g/mol. The van der Waals surface area contributed by atoms with Crippen molar-refractivity contribution in [1.82, 2.24) is 9.97 Å². The van der Waals surface area contributed by atoms with E-state index in [9.17, 15) is 17.4 Å². The third-order valence-corrected chi connectivity index (χ3v) is 7.13. The van der Waals surface area contributed by atoms with Gasteiger partial charge in [-0.05, 0) is 18.6 Å². The fraction of sp³-hybridized carbons (Fsp3) is 0.211. The molecule has 2 heterocycles. The Kier molecular flexibility index (Phi) is 5.76. The van der Waals surface area contributed by atoms with Crippen molar-refractivity contribution in [1.29, 1.82) is 0 Å². The van der Waals surface area contributed by atoms with Crippen LogP contribution >= 0.6 is 11.3 Å². The zero-order valence-electron chi connectivity index (χ0n) is 15.2. The molecule has 3 aromatic rings. The maximum absolute atomic E-state index is 13.1. The highest BCUT2D eigenvalue weighted by molar-refractivity contribution is 8.03. The van der Waals surface area contributed by atoms with Crippen LogP contribution in [0.4, 0.5) is 18.3 Å². The molecule has 2 aromatic heterocycles. The van der Waals surface area contributed by atoms with Gasteiger partial charge in [-0.2, -0.15) is 13.2 Å². The molecular weight excluding hydrogens is 407 g/mol.